The quantitative estimate of drug-likeness (QED) is 0.741. The van der Waals surface area contributed by atoms with Crippen LogP contribution >= 0.6 is 11.6 Å². The van der Waals surface area contributed by atoms with Gasteiger partial charge in [0.2, 0.25) is 0 Å². The third-order valence-corrected chi connectivity index (χ3v) is 3.28. The lowest BCUT2D eigenvalue weighted by Gasteiger charge is -2.26. The van der Waals surface area contributed by atoms with Crippen LogP contribution < -0.4 is 11.1 Å². The molecule has 0 spiro atoms. The normalized spacial score (nSPS) is 32.1. The van der Waals surface area contributed by atoms with Gasteiger partial charge in [-0.05, 0) is 18.6 Å². The van der Waals surface area contributed by atoms with E-state index in [2.05, 4.69) is 18.3 Å². The van der Waals surface area contributed by atoms with E-state index in [-0.39, 0.29) is 5.54 Å². The van der Waals surface area contributed by atoms with Crippen molar-refractivity contribution in [1.29, 1.82) is 0 Å². The van der Waals surface area contributed by atoms with E-state index in [1.54, 1.807) is 0 Å². The van der Waals surface area contributed by atoms with Gasteiger partial charge in [0.25, 0.3) is 0 Å². The monoisotopic (exact) mass is 210 g/mol. The highest BCUT2D eigenvalue weighted by atomic mass is 35.5. The Morgan fingerprint density at radius 3 is 2.79 bits per heavy atom. The number of rotatable bonds is 1. The summed E-state index contributed by atoms with van der Waals surface area (Å²) in [4.78, 5) is 0. The lowest BCUT2D eigenvalue weighted by molar-refractivity contribution is 0.462. The Hall–Kier alpha value is -0.570. The van der Waals surface area contributed by atoms with Crippen molar-refractivity contribution in [2.75, 3.05) is 13.1 Å². The molecule has 3 heteroatoms. The van der Waals surface area contributed by atoms with E-state index in [1.165, 1.54) is 0 Å². The summed E-state index contributed by atoms with van der Waals surface area (Å²) in [5.74, 6) is 0.316. The van der Waals surface area contributed by atoms with Gasteiger partial charge in [-0.25, -0.2) is 0 Å². The van der Waals surface area contributed by atoms with Crippen molar-refractivity contribution >= 4 is 11.6 Å². The molecule has 2 atom stereocenters. The number of nitrogens with two attached hydrogens (primary N) is 1. The standard InChI is InChI=1S/C11H15ClN2/c1-11(13)7-14-6-9(11)8-4-2-3-5-10(8)12/h2-5,9,14H,6-7,13H2,1H3/t9-,11+/m0/s1. The van der Waals surface area contributed by atoms with E-state index in [0.29, 0.717) is 5.92 Å². The van der Waals surface area contributed by atoms with Gasteiger partial charge in [0.1, 0.15) is 0 Å². The van der Waals surface area contributed by atoms with Crippen LogP contribution in [0.3, 0.4) is 0 Å². The third-order valence-electron chi connectivity index (χ3n) is 2.93. The predicted octanol–water partition coefficient (Wildman–Crippen LogP) is 1.74. The Labute approximate surface area is 89.4 Å². The van der Waals surface area contributed by atoms with Gasteiger partial charge < -0.3 is 11.1 Å². The van der Waals surface area contributed by atoms with Crippen LogP contribution in [0.1, 0.15) is 18.4 Å². The Kier molecular flexibility index (Phi) is 2.52. The molecule has 1 fully saturated rings. The number of nitrogens with one attached hydrogen (secondary N) is 1. The number of halogens is 1. The van der Waals surface area contributed by atoms with Crippen molar-refractivity contribution in [2.24, 2.45) is 5.73 Å². The zero-order valence-corrected chi connectivity index (χ0v) is 9.01. The lowest BCUT2D eigenvalue weighted by atomic mass is 9.84. The average molecular weight is 211 g/mol. The molecule has 0 aliphatic carbocycles. The summed E-state index contributed by atoms with van der Waals surface area (Å²) in [6.07, 6.45) is 0. The minimum atomic E-state index is -0.189. The highest BCUT2D eigenvalue weighted by Crippen LogP contribution is 2.33. The van der Waals surface area contributed by atoms with Gasteiger partial charge in [-0.15, -0.1) is 0 Å². The molecular weight excluding hydrogens is 196 g/mol. The molecule has 1 aromatic carbocycles. The van der Waals surface area contributed by atoms with Gasteiger partial charge in [0.15, 0.2) is 0 Å². The molecule has 0 unspecified atom stereocenters. The van der Waals surface area contributed by atoms with Crippen LogP contribution in [0.2, 0.25) is 5.02 Å². The van der Waals surface area contributed by atoms with Crippen LogP contribution in [0.4, 0.5) is 0 Å². The average Bonchev–Trinajstić information content (AvgIpc) is 2.46. The van der Waals surface area contributed by atoms with Crippen LogP contribution in [-0.4, -0.2) is 18.6 Å². The fraction of sp³-hybridized carbons (Fsp3) is 0.455. The van der Waals surface area contributed by atoms with E-state index in [9.17, 15) is 0 Å². The molecule has 14 heavy (non-hydrogen) atoms. The molecule has 1 aromatic rings. The summed E-state index contributed by atoms with van der Waals surface area (Å²) < 4.78 is 0. The van der Waals surface area contributed by atoms with Crippen molar-refractivity contribution < 1.29 is 0 Å². The molecule has 76 valence electrons. The van der Waals surface area contributed by atoms with Crippen molar-refractivity contribution in [3.8, 4) is 0 Å². The first-order chi connectivity index (χ1) is 6.61. The van der Waals surface area contributed by atoms with Crippen molar-refractivity contribution in [1.82, 2.24) is 5.32 Å². The molecular formula is C11H15ClN2. The van der Waals surface area contributed by atoms with E-state index >= 15 is 0 Å². The topological polar surface area (TPSA) is 38.0 Å². The van der Waals surface area contributed by atoms with E-state index in [1.807, 2.05) is 18.2 Å². The third kappa shape index (κ3) is 1.65. The fourth-order valence-corrected chi connectivity index (χ4v) is 2.33. The zero-order valence-electron chi connectivity index (χ0n) is 8.26. The van der Waals surface area contributed by atoms with Gasteiger partial charge in [0.05, 0.1) is 0 Å². The molecule has 2 nitrogen and oxygen atoms in total. The maximum atomic E-state index is 6.20. The van der Waals surface area contributed by atoms with Gasteiger partial charge >= 0.3 is 0 Å². The summed E-state index contributed by atoms with van der Waals surface area (Å²) in [5.41, 5.74) is 7.17. The van der Waals surface area contributed by atoms with Gasteiger partial charge in [0, 0.05) is 29.6 Å². The largest absolute Gasteiger partial charge is 0.324 e. The Bertz CT molecular complexity index is 336. The molecule has 1 aliphatic heterocycles. The molecule has 1 heterocycles. The molecule has 0 radical (unpaired) electrons. The second kappa shape index (κ2) is 3.54. The zero-order chi connectivity index (χ0) is 10.2. The molecule has 3 N–H and O–H groups in total. The summed E-state index contributed by atoms with van der Waals surface area (Å²) in [6.45, 7) is 3.83. The molecule has 0 bridgehead atoms. The Morgan fingerprint density at radius 1 is 1.50 bits per heavy atom. The predicted molar refractivity (Wildman–Crippen MR) is 59.7 cm³/mol. The first-order valence-corrected chi connectivity index (χ1v) is 5.23. The van der Waals surface area contributed by atoms with Crippen LogP contribution in [0.15, 0.2) is 24.3 Å². The van der Waals surface area contributed by atoms with Crippen molar-refractivity contribution in [3.63, 3.8) is 0 Å². The second-order valence-corrected chi connectivity index (χ2v) is 4.62. The molecule has 1 saturated heterocycles. The summed E-state index contributed by atoms with van der Waals surface area (Å²) in [7, 11) is 0. The van der Waals surface area contributed by atoms with Gasteiger partial charge in [-0.1, -0.05) is 29.8 Å². The van der Waals surface area contributed by atoms with Crippen molar-refractivity contribution in [2.45, 2.75) is 18.4 Å². The van der Waals surface area contributed by atoms with E-state index in [4.69, 9.17) is 17.3 Å². The van der Waals surface area contributed by atoms with E-state index in [0.717, 1.165) is 23.7 Å². The summed E-state index contributed by atoms with van der Waals surface area (Å²) >= 11 is 6.15. The summed E-state index contributed by atoms with van der Waals surface area (Å²) in [5, 5.41) is 4.12. The highest BCUT2D eigenvalue weighted by Gasteiger charge is 2.36. The Morgan fingerprint density at radius 2 is 2.21 bits per heavy atom. The molecule has 0 aromatic heterocycles. The first kappa shape index (κ1) is 9.97. The van der Waals surface area contributed by atoms with Gasteiger partial charge in [-0.2, -0.15) is 0 Å². The molecule has 1 aliphatic rings. The maximum absolute atomic E-state index is 6.20. The number of hydrogen-bond donors (Lipinski definition) is 2. The highest BCUT2D eigenvalue weighted by molar-refractivity contribution is 6.31. The molecule has 0 amide bonds. The SMILES string of the molecule is C[C@@]1(N)CNC[C@H]1c1ccccc1Cl. The molecule has 0 saturated carbocycles. The second-order valence-electron chi connectivity index (χ2n) is 4.21. The first-order valence-electron chi connectivity index (χ1n) is 4.85. The van der Waals surface area contributed by atoms with Crippen molar-refractivity contribution in [3.05, 3.63) is 34.9 Å². The smallest absolute Gasteiger partial charge is 0.0442 e. The van der Waals surface area contributed by atoms with Crippen LogP contribution in [0.5, 0.6) is 0 Å². The summed E-state index contributed by atoms with van der Waals surface area (Å²) in [6, 6.07) is 7.94. The lowest BCUT2D eigenvalue weighted by Crippen LogP contribution is -2.43. The Balaban J connectivity index is 2.36. The number of hydrogen-bond acceptors (Lipinski definition) is 2. The minimum absolute atomic E-state index is 0.189. The molecule has 2 rings (SSSR count). The van der Waals surface area contributed by atoms with Crippen LogP contribution in [-0.2, 0) is 0 Å². The fourth-order valence-electron chi connectivity index (χ4n) is 2.07. The maximum Gasteiger partial charge on any atom is 0.0442 e. The minimum Gasteiger partial charge on any atom is -0.324 e. The van der Waals surface area contributed by atoms with E-state index < -0.39 is 0 Å². The van der Waals surface area contributed by atoms with Gasteiger partial charge in [-0.3, -0.25) is 0 Å². The van der Waals surface area contributed by atoms with Crippen LogP contribution in [0, 0.1) is 0 Å². The number of benzene rings is 1. The van der Waals surface area contributed by atoms with Crippen LogP contribution in [0.25, 0.3) is 0 Å².